The van der Waals surface area contributed by atoms with Crippen LogP contribution in [0.3, 0.4) is 0 Å². The second kappa shape index (κ2) is 15.2. The highest BCUT2D eigenvalue weighted by Crippen LogP contribution is 2.48. The van der Waals surface area contributed by atoms with E-state index in [9.17, 15) is 0 Å². The normalized spacial score (nSPS) is 11.7. The van der Waals surface area contributed by atoms with Gasteiger partial charge in [0.2, 0.25) is 0 Å². The van der Waals surface area contributed by atoms with E-state index in [2.05, 4.69) is 241 Å². The predicted octanol–water partition coefficient (Wildman–Crippen LogP) is 18.4. The van der Waals surface area contributed by atoms with Crippen molar-refractivity contribution >= 4 is 92.1 Å². The van der Waals surface area contributed by atoms with E-state index in [0.717, 1.165) is 61.3 Å². The van der Waals surface area contributed by atoms with E-state index in [1.807, 2.05) is 11.3 Å². The summed E-state index contributed by atoms with van der Waals surface area (Å²) < 4.78 is 9.59. The zero-order valence-corrected chi connectivity index (χ0v) is 36.1. The first-order valence-corrected chi connectivity index (χ1v) is 23.0. The molecule has 3 heteroatoms. The number of nitrogens with zero attached hydrogens (tertiary/aromatic N) is 1. The van der Waals surface area contributed by atoms with Crippen LogP contribution in [0.4, 0.5) is 17.1 Å². The minimum Gasteiger partial charge on any atom is -0.455 e. The smallest absolute Gasteiger partial charge is 0.145 e. The molecule has 0 amide bonds. The first-order chi connectivity index (χ1) is 32.2. The summed E-state index contributed by atoms with van der Waals surface area (Å²) in [6.45, 7) is 0. The van der Waals surface area contributed by atoms with Gasteiger partial charge in [-0.2, -0.15) is 0 Å². The predicted molar refractivity (Wildman–Crippen MR) is 278 cm³/mol. The van der Waals surface area contributed by atoms with Crippen LogP contribution in [0.2, 0.25) is 0 Å². The molecule has 0 aliphatic heterocycles. The maximum Gasteiger partial charge on any atom is 0.145 e. The topological polar surface area (TPSA) is 16.4 Å². The van der Waals surface area contributed by atoms with Crippen molar-refractivity contribution in [3.05, 3.63) is 237 Å². The number of benzene rings is 11. The van der Waals surface area contributed by atoms with Crippen LogP contribution in [0, 0.1) is 0 Å². The highest BCUT2D eigenvalue weighted by atomic mass is 32.1. The van der Waals surface area contributed by atoms with Crippen molar-refractivity contribution in [2.24, 2.45) is 0 Å². The Bertz CT molecular complexity index is 3920. The third-order valence-corrected chi connectivity index (χ3v) is 14.2. The molecule has 0 aliphatic carbocycles. The van der Waals surface area contributed by atoms with Gasteiger partial charge < -0.3 is 9.32 Å². The molecule has 0 bridgehead atoms. The molecule has 13 rings (SSSR count). The van der Waals surface area contributed by atoms with Crippen molar-refractivity contribution in [1.82, 2.24) is 0 Å². The van der Waals surface area contributed by atoms with Gasteiger partial charge in [0.1, 0.15) is 11.2 Å². The van der Waals surface area contributed by atoms with E-state index in [0.29, 0.717) is 0 Å². The number of fused-ring (bicyclic) bond motifs is 9. The van der Waals surface area contributed by atoms with Gasteiger partial charge in [-0.15, -0.1) is 11.3 Å². The highest BCUT2D eigenvalue weighted by molar-refractivity contribution is 7.25. The van der Waals surface area contributed by atoms with Crippen LogP contribution in [0.25, 0.3) is 108 Å². The van der Waals surface area contributed by atoms with Crippen LogP contribution in [0.15, 0.2) is 241 Å². The van der Waals surface area contributed by atoms with Crippen molar-refractivity contribution in [3.8, 4) is 44.5 Å². The summed E-state index contributed by atoms with van der Waals surface area (Å²) in [5.74, 6) is 0. The maximum atomic E-state index is 7.04. The Balaban J connectivity index is 1.02. The van der Waals surface area contributed by atoms with Gasteiger partial charge in [0, 0.05) is 42.5 Å². The van der Waals surface area contributed by atoms with Crippen LogP contribution in [-0.4, -0.2) is 0 Å². The lowest BCUT2D eigenvalue weighted by atomic mass is 9.96. The SMILES string of the molecule is c1ccc(-c2ccc3c(c2)oc2c(-c4ccccc4)ccc(N(c4ccc(-c5ccc6ccc7ccccc7c6c5)cc4)c4ccc5sc6cc(-c7ccccc7)ccc6c5c4)c23)cc1. The zero-order valence-electron chi connectivity index (χ0n) is 35.3. The molecule has 2 heterocycles. The zero-order chi connectivity index (χ0) is 42.8. The number of hydrogen-bond acceptors (Lipinski definition) is 3. The van der Waals surface area contributed by atoms with Crippen molar-refractivity contribution < 1.29 is 4.42 Å². The van der Waals surface area contributed by atoms with Gasteiger partial charge >= 0.3 is 0 Å². The van der Waals surface area contributed by atoms with E-state index >= 15 is 0 Å². The molecule has 304 valence electrons. The number of anilines is 3. The molecule has 0 spiro atoms. The third kappa shape index (κ3) is 6.39. The molecular formula is C62H39NOS. The molecule has 0 aliphatic rings. The largest absolute Gasteiger partial charge is 0.455 e. The van der Waals surface area contributed by atoms with Crippen molar-refractivity contribution in [2.75, 3.05) is 4.90 Å². The molecule has 0 saturated carbocycles. The van der Waals surface area contributed by atoms with Gasteiger partial charge in [-0.1, -0.05) is 170 Å². The van der Waals surface area contributed by atoms with Crippen LogP contribution >= 0.6 is 11.3 Å². The molecule has 0 atom stereocenters. The van der Waals surface area contributed by atoms with E-state index in [4.69, 9.17) is 4.42 Å². The van der Waals surface area contributed by atoms with Gasteiger partial charge in [0.05, 0.1) is 11.1 Å². The van der Waals surface area contributed by atoms with Crippen molar-refractivity contribution in [1.29, 1.82) is 0 Å². The Kier molecular flexibility index (Phi) is 8.75. The monoisotopic (exact) mass is 845 g/mol. The standard InChI is InChI=1S/C62H39NOS/c1-4-12-40(13-5-1)47-27-32-54-58(37-47)64-62-52(43-16-8-3-9-17-43)33-34-57(61(54)62)63(50-30-35-59-56(39-50)53-31-26-48(38-60(53)65-59)41-14-6-2-7-15-41)49-28-24-42(25-29-49)46-23-22-45-21-20-44-18-10-11-19-51(44)55(45)36-46/h1-39H. The second-order valence-electron chi connectivity index (χ2n) is 16.8. The Morgan fingerprint density at radius 1 is 0.323 bits per heavy atom. The van der Waals surface area contributed by atoms with Crippen LogP contribution in [0.5, 0.6) is 0 Å². The Morgan fingerprint density at radius 3 is 1.65 bits per heavy atom. The molecule has 2 aromatic heterocycles. The van der Waals surface area contributed by atoms with Gasteiger partial charge in [-0.25, -0.2) is 0 Å². The Labute approximate surface area is 380 Å². The molecule has 0 unspecified atom stereocenters. The van der Waals surface area contributed by atoms with Gasteiger partial charge in [-0.3, -0.25) is 0 Å². The van der Waals surface area contributed by atoms with E-state index in [1.165, 1.54) is 64.0 Å². The van der Waals surface area contributed by atoms with Gasteiger partial charge in [-0.05, 0) is 127 Å². The molecule has 11 aromatic carbocycles. The summed E-state index contributed by atoms with van der Waals surface area (Å²) in [5, 5.41) is 9.69. The van der Waals surface area contributed by atoms with Gasteiger partial charge in [0.15, 0.2) is 0 Å². The minimum absolute atomic E-state index is 0.860. The molecule has 0 fully saturated rings. The lowest BCUT2D eigenvalue weighted by Gasteiger charge is -2.27. The Morgan fingerprint density at radius 2 is 0.892 bits per heavy atom. The fourth-order valence-corrected chi connectivity index (χ4v) is 11.0. The molecule has 65 heavy (non-hydrogen) atoms. The Hall–Kier alpha value is -8.24. The lowest BCUT2D eigenvalue weighted by Crippen LogP contribution is -2.10. The van der Waals surface area contributed by atoms with Crippen LogP contribution in [-0.2, 0) is 0 Å². The minimum atomic E-state index is 0.860. The van der Waals surface area contributed by atoms with Gasteiger partial charge in [0.25, 0.3) is 0 Å². The summed E-state index contributed by atoms with van der Waals surface area (Å²) in [6, 6.07) is 85.9. The first-order valence-electron chi connectivity index (χ1n) is 22.1. The third-order valence-electron chi connectivity index (χ3n) is 13.1. The van der Waals surface area contributed by atoms with Crippen molar-refractivity contribution in [2.45, 2.75) is 0 Å². The van der Waals surface area contributed by atoms with E-state index in [-0.39, 0.29) is 0 Å². The summed E-state index contributed by atoms with van der Waals surface area (Å²) in [5.41, 5.74) is 14.2. The van der Waals surface area contributed by atoms with Crippen LogP contribution < -0.4 is 4.90 Å². The van der Waals surface area contributed by atoms with E-state index < -0.39 is 0 Å². The number of furan rings is 1. The summed E-state index contributed by atoms with van der Waals surface area (Å²) in [7, 11) is 0. The second-order valence-corrected chi connectivity index (χ2v) is 17.9. The average Bonchev–Trinajstić information content (AvgIpc) is 3.95. The van der Waals surface area contributed by atoms with Crippen LogP contribution in [0.1, 0.15) is 0 Å². The summed E-state index contributed by atoms with van der Waals surface area (Å²) >= 11 is 1.85. The fourth-order valence-electron chi connectivity index (χ4n) is 9.83. The molecule has 0 N–H and O–H groups in total. The maximum absolute atomic E-state index is 7.04. The quantitative estimate of drug-likeness (QED) is 0.149. The molecule has 0 saturated heterocycles. The van der Waals surface area contributed by atoms with Crippen molar-refractivity contribution in [3.63, 3.8) is 0 Å². The highest BCUT2D eigenvalue weighted by Gasteiger charge is 2.23. The average molecular weight is 846 g/mol. The number of hydrogen-bond donors (Lipinski definition) is 0. The number of thiophene rings is 1. The summed E-state index contributed by atoms with van der Waals surface area (Å²) in [6.07, 6.45) is 0. The first kappa shape index (κ1) is 37.3. The molecule has 13 aromatic rings. The van der Waals surface area contributed by atoms with E-state index in [1.54, 1.807) is 0 Å². The molecule has 0 radical (unpaired) electrons. The summed E-state index contributed by atoms with van der Waals surface area (Å²) in [4.78, 5) is 2.43. The fraction of sp³-hybridized carbons (Fsp3) is 0. The molecule has 2 nitrogen and oxygen atoms in total. The lowest BCUT2D eigenvalue weighted by molar-refractivity contribution is 0.670. The number of rotatable bonds is 7. The molecular weight excluding hydrogens is 807 g/mol.